The van der Waals surface area contributed by atoms with Crippen LogP contribution in [0.25, 0.3) is 11.2 Å². The molecule has 0 aliphatic rings. The molecule has 0 bridgehead atoms. The molecule has 2 unspecified atom stereocenters. The predicted octanol–water partition coefficient (Wildman–Crippen LogP) is -0.871. The predicted molar refractivity (Wildman–Crippen MR) is 71.3 cm³/mol. The Morgan fingerprint density at radius 1 is 1.37 bits per heavy atom. The number of fused-ring (bicyclic) bond motifs is 1. The van der Waals surface area contributed by atoms with Crippen molar-refractivity contribution >= 4 is 27.1 Å². The van der Waals surface area contributed by atoms with Gasteiger partial charge in [-0.25, -0.2) is 9.78 Å². The fourth-order valence-corrected chi connectivity index (χ4v) is 2.18. The van der Waals surface area contributed by atoms with Crippen LogP contribution >= 0.6 is 15.9 Å². The number of alkyl halides is 1. The van der Waals surface area contributed by atoms with Gasteiger partial charge in [0, 0.05) is 12.4 Å². The van der Waals surface area contributed by atoms with Crippen LogP contribution in [0.3, 0.4) is 0 Å². The Morgan fingerprint density at radius 2 is 2.05 bits per heavy atom. The van der Waals surface area contributed by atoms with Gasteiger partial charge in [-0.15, -0.1) is 0 Å². The third kappa shape index (κ3) is 2.48. The van der Waals surface area contributed by atoms with E-state index < -0.39 is 23.5 Å². The lowest BCUT2D eigenvalue weighted by Gasteiger charge is -2.13. The zero-order valence-corrected chi connectivity index (χ0v) is 11.6. The van der Waals surface area contributed by atoms with E-state index in [1.54, 1.807) is 0 Å². The molecule has 8 nitrogen and oxygen atoms in total. The summed E-state index contributed by atoms with van der Waals surface area (Å²) < 4.78 is 1.15. The quantitative estimate of drug-likeness (QED) is 0.542. The number of nitrogens with one attached hydrogen (secondary N) is 2. The highest BCUT2D eigenvalue weighted by atomic mass is 79.9. The van der Waals surface area contributed by atoms with E-state index in [2.05, 4.69) is 30.9 Å². The van der Waals surface area contributed by atoms with Gasteiger partial charge in [-0.1, -0.05) is 15.9 Å². The lowest BCUT2D eigenvalue weighted by atomic mass is 10.1. The Kier molecular flexibility index (Phi) is 3.88. The topological polar surface area (TPSA) is 124 Å². The first kappa shape index (κ1) is 14.0. The molecule has 2 aromatic rings. The number of halogens is 1. The monoisotopic (exact) mass is 332 g/mol. The summed E-state index contributed by atoms with van der Waals surface area (Å²) in [7, 11) is 1.45. The summed E-state index contributed by atoms with van der Waals surface area (Å²) in [6.45, 7) is 0. The summed E-state index contributed by atoms with van der Waals surface area (Å²) in [4.78, 5) is 31.7. The first-order valence-corrected chi connectivity index (χ1v) is 6.69. The number of hydrogen-bond donors (Lipinski definition) is 4. The highest BCUT2D eigenvalue weighted by molar-refractivity contribution is 9.09. The molecule has 19 heavy (non-hydrogen) atoms. The maximum Gasteiger partial charge on any atom is 0.329 e. The molecule has 0 saturated heterocycles. The van der Waals surface area contributed by atoms with Gasteiger partial charge in [0.15, 0.2) is 5.65 Å². The molecule has 0 aliphatic carbocycles. The number of aryl methyl sites for hydroxylation is 1. The molecule has 9 heteroatoms. The minimum Gasteiger partial charge on any atom is -0.390 e. The Bertz CT molecular complexity index is 704. The third-order valence-corrected chi connectivity index (χ3v) is 3.28. The van der Waals surface area contributed by atoms with Crippen molar-refractivity contribution in [3.05, 3.63) is 26.7 Å². The number of H-pyrrole nitrogens is 2. The SMILES string of the molecule is Cn1c(=O)[nH]c(=O)c2[nH]c(C(O)C(O)CCBr)nc21. The Morgan fingerprint density at radius 3 is 2.68 bits per heavy atom. The molecule has 0 amide bonds. The molecule has 2 aromatic heterocycles. The summed E-state index contributed by atoms with van der Waals surface area (Å²) in [6, 6.07) is 0. The molecular formula is C10H13BrN4O4. The normalized spacial score (nSPS) is 14.7. The van der Waals surface area contributed by atoms with Gasteiger partial charge in [0.2, 0.25) is 0 Å². The molecule has 0 aliphatic heterocycles. The Balaban J connectivity index is 2.53. The highest BCUT2D eigenvalue weighted by Crippen LogP contribution is 2.18. The number of aliphatic hydroxyl groups excluding tert-OH is 2. The van der Waals surface area contributed by atoms with Crippen molar-refractivity contribution in [1.82, 2.24) is 19.5 Å². The van der Waals surface area contributed by atoms with E-state index in [9.17, 15) is 19.8 Å². The van der Waals surface area contributed by atoms with Crippen LogP contribution in [0.4, 0.5) is 0 Å². The molecule has 2 heterocycles. The van der Waals surface area contributed by atoms with Crippen LogP contribution in [0, 0.1) is 0 Å². The molecule has 2 atom stereocenters. The average Bonchev–Trinajstić information content (AvgIpc) is 2.81. The van der Waals surface area contributed by atoms with Crippen molar-refractivity contribution in [1.29, 1.82) is 0 Å². The number of hydrogen-bond acceptors (Lipinski definition) is 5. The van der Waals surface area contributed by atoms with Crippen molar-refractivity contribution in [2.24, 2.45) is 7.05 Å². The summed E-state index contributed by atoms with van der Waals surface area (Å²) in [5.41, 5.74) is -0.985. The van der Waals surface area contributed by atoms with Gasteiger partial charge >= 0.3 is 5.69 Å². The first-order chi connectivity index (χ1) is 8.95. The number of aromatic amines is 2. The fraction of sp³-hybridized carbons (Fsp3) is 0.500. The maximum atomic E-state index is 11.6. The first-order valence-electron chi connectivity index (χ1n) is 5.56. The number of imidazole rings is 1. The standard InChI is InChI=1S/C10H13BrN4O4/c1-15-8-5(9(18)14-10(15)19)12-7(13-8)6(17)4(16)2-3-11/h4,6,16-17H,2-3H2,1H3,(H,12,13)(H,14,18,19). The van der Waals surface area contributed by atoms with Crippen LogP contribution in [0.1, 0.15) is 18.3 Å². The minimum absolute atomic E-state index is 0.0511. The van der Waals surface area contributed by atoms with Gasteiger partial charge in [0.05, 0.1) is 6.10 Å². The van der Waals surface area contributed by atoms with Crippen molar-refractivity contribution in [3.8, 4) is 0 Å². The Labute approximate surface area is 115 Å². The molecular weight excluding hydrogens is 320 g/mol. The number of nitrogens with zero attached hydrogens (tertiary/aromatic N) is 2. The zero-order chi connectivity index (χ0) is 14.2. The minimum atomic E-state index is -1.25. The summed E-state index contributed by atoms with van der Waals surface area (Å²) >= 11 is 3.16. The van der Waals surface area contributed by atoms with Crippen LogP contribution in [-0.2, 0) is 7.05 Å². The van der Waals surface area contributed by atoms with Gasteiger partial charge in [0.1, 0.15) is 17.4 Å². The van der Waals surface area contributed by atoms with Crippen molar-refractivity contribution in [3.63, 3.8) is 0 Å². The van der Waals surface area contributed by atoms with E-state index in [1.165, 1.54) is 7.05 Å². The lowest BCUT2D eigenvalue weighted by Crippen LogP contribution is -2.28. The van der Waals surface area contributed by atoms with E-state index in [0.717, 1.165) is 4.57 Å². The van der Waals surface area contributed by atoms with Crippen LogP contribution in [-0.4, -0.2) is 41.2 Å². The van der Waals surface area contributed by atoms with Crippen molar-refractivity contribution in [2.45, 2.75) is 18.6 Å². The Hall–Kier alpha value is -1.45. The van der Waals surface area contributed by atoms with E-state index >= 15 is 0 Å². The lowest BCUT2D eigenvalue weighted by molar-refractivity contribution is 0.0127. The van der Waals surface area contributed by atoms with E-state index in [1.807, 2.05) is 0 Å². The number of rotatable bonds is 4. The van der Waals surface area contributed by atoms with Gasteiger partial charge in [-0.3, -0.25) is 14.3 Å². The maximum absolute atomic E-state index is 11.6. The largest absolute Gasteiger partial charge is 0.390 e. The third-order valence-electron chi connectivity index (χ3n) is 2.82. The molecule has 0 saturated carbocycles. The molecule has 0 radical (unpaired) electrons. The molecule has 4 N–H and O–H groups in total. The molecule has 0 aromatic carbocycles. The average molecular weight is 333 g/mol. The van der Waals surface area contributed by atoms with Gasteiger partial charge in [0.25, 0.3) is 5.56 Å². The molecule has 0 fully saturated rings. The second-order valence-electron chi connectivity index (χ2n) is 4.13. The molecule has 0 spiro atoms. The number of aromatic nitrogens is 4. The van der Waals surface area contributed by atoms with Crippen LogP contribution in [0.15, 0.2) is 9.59 Å². The smallest absolute Gasteiger partial charge is 0.329 e. The second-order valence-corrected chi connectivity index (χ2v) is 4.92. The van der Waals surface area contributed by atoms with Crippen LogP contribution < -0.4 is 11.2 Å². The summed E-state index contributed by atoms with van der Waals surface area (Å²) in [5, 5.41) is 20.1. The number of aliphatic hydroxyl groups is 2. The highest BCUT2D eigenvalue weighted by Gasteiger charge is 2.22. The van der Waals surface area contributed by atoms with Crippen LogP contribution in [0.5, 0.6) is 0 Å². The van der Waals surface area contributed by atoms with E-state index in [0.29, 0.717) is 11.8 Å². The van der Waals surface area contributed by atoms with E-state index in [4.69, 9.17) is 0 Å². The zero-order valence-electron chi connectivity index (χ0n) is 10.1. The summed E-state index contributed by atoms with van der Waals surface area (Å²) in [6.07, 6.45) is -1.94. The second kappa shape index (κ2) is 5.27. The van der Waals surface area contributed by atoms with E-state index in [-0.39, 0.29) is 17.0 Å². The van der Waals surface area contributed by atoms with Crippen molar-refractivity contribution in [2.75, 3.05) is 5.33 Å². The summed E-state index contributed by atoms with van der Waals surface area (Å²) in [5.74, 6) is 0.0511. The van der Waals surface area contributed by atoms with Gasteiger partial charge in [-0.05, 0) is 6.42 Å². The van der Waals surface area contributed by atoms with Crippen LogP contribution in [0.2, 0.25) is 0 Å². The van der Waals surface area contributed by atoms with Crippen molar-refractivity contribution < 1.29 is 10.2 Å². The molecule has 104 valence electrons. The fourth-order valence-electron chi connectivity index (χ4n) is 1.71. The molecule has 2 rings (SSSR count). The van der Waals surface area contributed by atoms with Gasteiger partial charge in [-0.2, -0.15) is 0 Å². The van der Waals surface area contributed by atoms with Gasteiger partial charge < -0.3 is 15.2 Å².